The molecule has 0 bridgehead atoms. The van der Waals surface area contributed by atoms with Crippen LogP contribution in [0.3, 0.4) is 0 Å². The summed E-state index contributed by atoms with van der Waals surface area (Å²) < 4.78 is 19.7. The molecule has 5 heterocycles. The Morgan fingerprint density at radius 1 is 1.06 bits per heavy atom. The SMILES string of the molecule is COc1cc(Cn2cnc3cc(N4CCOCC4)cnc32)cc2c1OC(c1ccc(C)nc1)CC2. The van der Waals surface area contributed by atoms with Crippen molar-refractivity contribution >= 4 is 16.9 Å². The summed E-state index contributed by atoms with van der Waals surface area (Å²) in [5.74, 6) is 1.59. The van der Waals surface area contributed by atoms with E-state index < -0.39 is 0 Å². The Hall–Kier alpha value is -3.65. The molecule has 2 aliphatic rings. The third-order valence-corrected chi connectivity index (χ3v) is 6.82. The number of hydrogen-bond acceptors (Lipinski definition) is 7. The number of nitrogens with zero attached hydrogens (tertiary/aromatic N) is 5. The monoisotopic (exact) mass is 471 g/mol. The second-order valence-corrected chi connectivity index (χ2v) is 9.17. The molecule has 1 fully saturated rings. The van der Waals surface area contributed by atoms with E-state index in [-0.39, 0.29) is 6.10 Å². The van der Waals surface area contributed by atoms with E-state index in [0.29, 0.717) is 6.54 Å². The lowest BCUT2D eigenvalue weighted by atomic mass is 9.96. The molecule has 8 nitrogen and oxygen atoms in total. The van der Waals surface area contributed by atoms with Gasteiger partial charge in [-0.15, -0.1) is 0 Å². The molecule has 0 radical (unpaired) electrons. The summed E-state index contributed by atoms with van der Waals surface area (Å²) in [6, 6.07) is 10.5. The third kappa shape index (κ3) is 4.30. The number of aromatic nitrogens is 4. The summed E-state index contributed by atoms with van der Waals surface area (Å²) in [6.07, 6.45) is 7.52. The Morgan fingerprint density at radius 3 is 2.74 bits per heavy atom. The smallest absolute Gasteiger partial charge is 0.165 e. The Labute approximate surface area is 204 Å². The average Bonchev–Trinajstić information content (AvgIpc) is 3.30. The van der Waals surface area contributed by atoms with Crippen LogP contribution in [0.5, 0.6) is 11.5 Å². The molecule has 8 heteroatoms. The van der Waals surface area contributed by atoms with E-state index in [1.807, 2.05) is 31.7 Å². The molecule has 6 rings (SSSR count). The largest absolute Gasteiger partial charge is 0.493 e. The Balaban J connectivity index is 1.24. The van der Waals surface area contributed by atoms with Crippen LogP contribution in [0.2, 0.25) is 0 Å². The van der Waals surface area contributed by atoms with Crippen molar-refractivity contribution in [3.63, 3.8) is 0 Å². The van der Waals surface area contributed by atoms with Crippen molar-refractivity contribution in [3.8, 4) is 11.5 Å². The first kappa shape index (κ1) is 21.9. The van der Waals surface area contributed by atoms with Crippen LogP contribution in [0.15, 0.2) is 49.1 Å². The predicted octanol–water partition coefficient (Wildman–Crippen LogP) is 4.09. The van der Waals surface area contributed by atoms with E-state index in [9.17, 15) is 0 Å². The summed E-state index contributed by atoms with van der Waals surface area (Å²) in [7, 11) is 1.70. The molecule has 0 spiro atoms. The van der Waals surface area contributed by atoms with Gasteiger partial charge in [-0.3, -0.25) is 4.98 Å². The van der Waals surface area contributed by atoms with Crippen LogP contribution in [0, 0.1) is 6.92 Å². The Bertz CT molecular complexity index is 1330. The fourth-order valence-corrected chi connectivity index (χ4v) is 4.92. The van der Waals surface area contributed by atoms with Gasteiger partial charge in [-0.2, -0.15) is 0 Å². The zero-order valence-corrected chi connectivity index (χ0v) is 20.1. The number of anilines is 1. The maximum absolute atomic E-state index is 6.40. The van der Waals surface area contributed by atoms with Gasteiger partial charge in [-0.1, -0.05) is 12.1 Å². The van der Waals surface area contributed by atoms with Crippen molar-refractivity contribution in [2.75, 3.05) is 38.3 Å². The van der Waals surface area contributed by atoms with Crippen molar-refractivity contribution in [2.24, 2.45) is 0 Å². The van der Waals surface area contributed by atoms with Crippen LogP contribution >= 0.6 is 0 Å². The summed E-state index contributed by atoms with van der Waals surface area (Å²) >= 11 is 0. The van der Waals surface area contributed by atoms with Gasteiger partial charge in [0.15, 0.2) is 17.1 Å². The van der Waals surface area contributed by atoms with Gasteiger partial charge in [0.2, 0.25) is 0 Å². The van der Waals surface area contributed by atoms with Gasteiger partial charge in [-0.25, -0.2) is 9.97 Å². The van der Waals surface area contributed by atoms with Crippen LogP contribution < -0.4 is 14.4 Å². The van der Waals surface area contributed by atoms with Gasteiger partial charge < -0.3 is 23.7 Å². The molecule has 4 aromatic rings. The highest BCUT2D eigenvalue weighted by atomic mass is 16.5. The van der Waals surface area contributed by atoms with E-state index in [2.05, 4.69) is 43.7 Å². The number of imidazole rings is 1. The lowest BCUT2D eigenvalue weighted by Crippen LogP contribution is -2.36. The van der Waals surface area contributed by atoms with Crippen LogP contribution in [0.1, 0.15) is 34.9 Å². The first-order chi connectivity index (χ1) is 17.2. The number of morpholine rings is 1. The average molecular weight is 472 g/mol. The molecule has 3 aromatic heterocycles. The molecule has 1 unspecified atom stereocenters. The van der Waals surface area contributed by atoms with E-state index in [0.717, 1.165) is 84.3 Å². The van der Waals surface area contributed by atoms with Gasteiger partial charge >= 0.3 is 0 Å². The zero-order valence-electron chi connectivity index (χ0n) is 20.1. The standard InChI is InChI=1S/C27H29N5O3/c1-18-3-4-21(14-28-18)24-6-5-20-11-19(12-25(33-2)26(20)35-24)16-32-17-30-23-13-22(15-29-27(23)32)31-7-9-34-10-8-31/h3-4,11-15,17,24H,5-10,16H2,1-2H3. The highest BCUT2D eigenvalue weighted by Crippen LogP contribution is 2.42. The quantitative estimate of drug-likeness (QED) is 0.434. The molecule has 1 saturated heterocycles. The maximum atomic E-state index is 6.40. The second kappa shape index (κ2) is 9.19. The van der Waals surface area contributed by atoms with Crippen LogP contribution in [0.4, 0.5) is 5.69 Å². The summed E-state index contributed by atoms with van der Waals surface area (Å²) in [6.45, 7) is 5.92. The van der Waals surface area contributed by atoms with Gasteiger partial charge in [0, 0.05) is 30.5 Å². The lowest BCUT2D eigenvalue weighted by Gasteiger charge is -2.28. The summed E-state index contributed by atoms with van der Waals surface area (Å²) in [5.41, 5.74) is 7.28. The molecule has 180 valence electrons. The molecule has 0 N–H and O–H groups in total. The topological polar surface area (TPSA) is 74.5 Å². The first-order valence-corrected chi connectivity index (χ1v) is 12.1. The molecule has 0 saturated carbocycles. The molecular weight excluding hydrogens is 442 g/mol. The van der Waals surface area contributed by atoms with Crippen molar-refractivity contribution in [1.29, 1.82) is 0 Å². The minimum absolute atomic E-state index is 0.0159. The fourth-order valence-electron chi connectivity index (χ4n) is 4.92. The fraction of sp³-hybridized carbons (Fsp3) is 0.370. The van der Waals surface area contributed by atoms with Crippen molar-refractivity contribution in [2.45, 2.75) is 32.4 Å². The van der Waals surface area contributed by atoms with Gasteiger partial charge in [-0.05, 0) is 49.1 Å². The number of pyridine rings is 2. The van der Waals surface area contributed by atoms with Gasteiger partial charge in [0.25, 0.3) is 0 Å². The van der Waals surface area contributed by atoms with Gasteiger partial charge in [0.05, 0.1) is 45.1 Å². The number of ether oxygens (including phenoxy) is 3. The van der Waals surface area contributed by atoms with Gasteiger partial charge in [0.1, 0.15) is 11.6 Å². The van der Waals surface area contributed by atoms with Crippen LogP contribution in [-0.4, -0.2) is 52.9 Å². The van der Waals surface area contributed by atoms with E-state index >= 15 is 0 Å². The number of hydrogen-bond donors (Lipinski definition) is 0. The van der Waals surface area contributed by atoms with E-state index in [1.54, 1.807) is 7.11 Å². The summed E-state index contributed by atoms with van der Waals surface area (Å²) in [4.78, 5) is 16.1. The van der Waals surface area contributed by atoms with Crippen molar-refractivity contribution in [3.05, 3.63) is 71.4 Å². The molecule has 35 heavy (non-hydrogen) atoms. The van der Waals surface area contributed by atoms with Crippen LogP contribution in [0.25, 0.3) is 11.2 Å². The molecule has 0 amide bonds. The number of aryl methyl sites for hydroxylation is 2. The normalized spacial score (nSPS) is 17.8. The van der Waals surface area contributed by atoms with Crippen LogP contribution in [-0.2, 0) is 17.7 Å². The molecular formula is C27H29N5O3. The number of benzene rings is 1. The lowest BCUT2D eigenvalue weighted by molar-refractivity contribution is 0.122. The third-order valence-electron chi connectivity index (χ3n) is 6.82. The Kier molecular flexibility index (Phi) is 5.74. The number of methoxy groups -OCH3 is 1. The number of fused-ring (bicyclic) bond motifs is 2. The molecule has 2 aliphatic heterocycles. The second-order valence-electron chi connectivity index (χ2n) is 9.17. The highest BCUT2D eigenvalue weighted by Gasteiger charge is 2.25. The molecule has 0 aliphatic carbocycles. The van der Waals surface area contributed by atoms with E-state index in [1.165, 1.54) is 5.56 Å². The number of rotatable bonds is 5. The van der Waals surface area contributed by atoms with Crippen molar-refractivity contribution in [1.82, 2.24) is 19.5 Å². The Morgan fingerprint density at radius 2 is 1.94 bits per heavy atom. The predicted molar refractivity (Wildman–Crippen MR) is 133 cm³/mol. The van der Waals surface area contributed by atoms with Crippen molar-refractivity contribution < 1.29 is 14.2 Å². The first-order valence-electron chi connectivity index (χ1n) is 12.1. The molecule has 1 aromatic carbocycles. The molecule has 1 atom stereocenters. The zero-order chi connectivity index (χ0) is 23.8. The highest BCUT2D eigenvalue weighted by molar-refractivity contribution is 5.75. The summed E-state index contributed by atoms with van der Waals surface area (Å²) in [5, 5.41) is 0. The van der Waals surface area contributed by atoms with E-state index in [4.69, 9.17) is 19.2 Å². The minimum atomic E-state index is -0.0159. The minimum Gasteiger partial charge on any atom is -0.493 e. The maximum Gasteiger partial charge on any atom is 0.165 e.